The van der Waals surface area contributed by atoms with Crippen molar-refractivity contribution in [2.45, 2.75) is 13.0 Å². The van der Waals surface area contributed by atoms with E-state index >= 15 is 0 Å². The van der Waals surface area contributed by atoms with Crippen LogP contribution in [0.4, 0.5) is 0 Å². The van der Waals surface area contributed by atoms with Gasteiger partial charge in [-0.3, -0.25) is 0 Å². The molecule has 1 aromatic heterocycles. The molecule has 1 heterocycles. The van der Waals surface area contributed by atoms with Crippen LogP contribution < -0.4 is 5.73 Å². The molecule has 0 fully saturated rings. The van der Waals surface area contributed by atoms with Gasteiger partial charge in [-0.2, -0.15) is 4.98 Å². The van der Waals surface area contributed by atoms with Gasteiger partial charge in [-0.15, -0.1) is 0 Å². The van der Waals surface area contributed by atoms with Crippen molar-refractivity contribution >= 4 is 11.6 Å². The van der Waals surface area contributed by atoms with Gasteiger partial charge in [0.05, 0.1) is 6.04 Å². The van der Waals surface area contributed by atoms with E-state index in [2.05, 4.69) is 10.1 Å². The second-order valence-electron chi connectivity index (χ2n) is 3.26. The molecule has 4 nitrogen and oxygen atoms in total. The number of hydrogen-bond acceptors (Lipinski definition) is 4. The van der Waals surface area contributed by atoms with Crippen molar-refractivity contribution in [1.29, 1.82) is 0 Å². The van der Waals surface area contributed by atoms with Gasteiger partial charge >= 0.3 is 0 Å². The maximum absolute atomic E-state index is 5.85. The molecule has 0 radical (unpaired) electrons. The number of hydrogen-bond donors (Lipinski definition) is 1. The zero-order chi connectivity index (χ0) is 10.8. The standard InChI is InChI=1S/C10H10ClN3O/c1-6(12)10-13-9(14-15-10)7-3-2-4-8(11)5-7/h2-6H,12H2,1H3. The van der Waals surface area contributed by atoms with Crippen LogP contribution in [0.25, 0.3) is 11.4 Å². The lowest BCUT2D eigenvalue weighted by Crippen LogP contribution is -2.04. The maximum Gasteiger partial charge on any atom is 0.243 e. The lowest BCUT2D eigenvalue weighted by atomic mass is 10.2. The summed E-state index contributed by atoms with van der Waals surface area (Å²) >= 11 is 5.85. The van der Waals surface area contributed by atoms with Crippen molar-refractivity contribution in [3.63, 3.8) is 0 Å². The third-order valence-corrected chi connectivity index (χ3v) is 2.15. The zero-order valence-corrected chi connectivity index (χ0v) is 8.90. The highest BCUT2D eigenvalue weighted by atomic mass is 35.5. The van der Waals surface area contributed by atoms with Crippen LogP contribution in [0, 0.1) is 0 Å². The average Bonchev–Trinajstić information content (AvgIpc) is 2.66. The molecule has 0 saturated carbocycles. The molecule has 0 spiro atoms. The Bertz CT molecular complexity index is 467. The second kappa shape index (κ2) is 4.00. The first-order valence-corrected chi connectivity index (χ1v) is 4.90. The molecule has 0 saturated heterocycles. The minimum atomic E-state index is -0.259. The lowest BCUT2D eigenvalue weighted by molar-refractivity contribution is 0.362. The Morgan fingerprint density at radius 3 is 2.87 bits per heavy atom. The van der Waals surface area contributed by atoms with Gasteiger partial charge in [0.2, 0.25) is 11.7 Å². The number of benzene rings is 1. The molecule has 2 aromatic rings. The predicted molar refractivity (Wildman–Crippen MR) is 57.3 cm³/mol. The first kappa shape index (κ1) is 10.1. The Kier molecular flexibility index (Phi) is 2.70. The molecule has 0 aliphatic carbocycles. The Morgan fingerprint density at radius 1 is 1.47 bits per heavy atom. The third-order valence-electron chi connectivity index (χ3n) is 1.91. The number of nitrogens with zero attached hydrogens (tertiary/aromatic N) is 2. The van der Waals surface area contributed by atoms with E-state index in [0.717, 1.165) is 5.56 Å². The highest BCUT2D eigenvalue weighted by molar-refractivity contribution is 6.30. The van der Waals surface area contributed by atoms with E-state index in [1.54, 1.807) is 19.1 Å². The quantitative estimate of drug-likeness (QED) is 0.849. The second-order valence-corrected chi connectivity index (χ2v) is 3.69. The first-order chi connectivity index (χ1) is 7.16. The summed E-state index contributed by atoms with van der Waals surface area (Å²) in [5.74, 6) is 0.926. The van der Waals surface area contributed by atoms with Gasteiger partial charge in [0, 0.05) is 10.6 Å². The van der Waals surface area contributed by atoms with Crippen LogP contribution in [0.2, 0.25) is 5.02 Å². The zero-order valence-electron chi connectivity index (χ0n) is 8.14. The fraction of sp³-hybridized carbons (Fsp3) is 0.200. The third kappa shape index (κ3) is 2.16. The van der Waals surface area contributed by atoms with Gasteiger partial charge in [0.15, 0.2) is 0 Å². The van der Waals surface area contributed by atoms with Crippen LogP contribution in [0.3, 0.4) is 0 Å². The number of halogens is 1. The number of aromatic nitrogens is 2. The van der Waals surface area contributed by atoms with Crippen LogP contribution in [0.15, 0.2) is 28.8 Å². The summed E-state index contributed by atoms with van der Waals surface area (Å²) in [5, 5.41) is 4.46. The molecule has 0 aliphatic heterocycles. The number of rotatable bonds is 2. The normalized spacial score (nSPS) is 12.7. The van der Waals surface area contributed by atoms with Gasteiger partial charge in [-0.25, -0.2) is 0 Å². The largest absolute Gasteiger partial charge is 0.337 e. The molecule has 0 bridgehead atoms. The molecule has 0 aliphatic rings. The van der Waals surface area contributed by atoms with Crippen LogP contribution in [0.5, 0.6) is 0 Å². The average molecular weight is 224 g/mol. The molecular weight excluding hydrogens is 214 g/mol. The van der Waals surface area contributed by atoms with E-state index in [0.29, 0.717) is 16.7 Å². The molecule has 1 unspecified atom stereocenters. The highest BCUT2D eigenvalue weighted by Crippen LogP contribution is 2.20. The van der Waals surface area contributed by atoms with Crippen LogP contribution >= 0.6 is 11.6 Å². The Balaban J connectivity index is 2.37. The van der Waals surface area contributed by atoms with Gasteiger partial charge in [-0.1, -0.05) is 28.9 Å². The Labute approximate surface area is 92.0 Å². The summed E-state index contributed by atoms with van der Waals surface area (Å²) < 4.78 is 4.99. The predicted octanol–water partition coefficient (Wildman–Crippen LogP) is 2.41. The molecule has 15 heavy (non-hydrogen) atoms. The van der Waals surface area contributed by atoms with Crippen LogP contribution in [-0.2, 0) is 0 Å². The van der Waals surface area contributed by atoms with Crippen molar-refractivity contribution in [1.82, 2.24) is 10.1 Å². The van der Waals surface area contributed by atoms with Gasteiger partial charge in [-0.05, 0) is 19.1 Å². The summed E-state index contributed by atoms with van der Waals surface area (Å²) in [6.45, 7) is 1.79. The van der Waals surface area contributed by atoms with Crippen LogP contribution in [-0.4, -0.2) is 10.1 Å². The SMILES string of the molecule is CC(N)c1nc(-c2cccc(Cl)c2)no1. The molecule has 5 heteroatoms. The first-order valence-electron chi connectivity index (χ1n) is 4.52. The van der Waals surface area contributed by atoms with E-state index in [-0.39, 0.29) is 6.04 Å². The molecule has 1 atom stereocenters. The molecule has 2 rings (SSSR count). The Morgan fingerprint density at radius 2 is 2.27 bits per heavy atom. The fourth-order valence-electron chi connectivity index (χ4n) is 1.16. The van der Waals surface area contributed by atoms with E-state index in [9.17, 15) is 0 Å². The van der Waals surface area contributed by atoms with E-state index < -0.39 is 0 Å². The van der Waals surface area contributed by atoms with E-state index in [4.69, 9.17) is 21.9 Å². The lowest BCUT2D eigenvalue weighted by Gasteiger charge is -1.95. The minimum Gasteiger partial charge on any atom is -0.337 e. The van der Waals surface area contributed by atoms with Crippen molar-refractivity contribution < 1.29 is 4.52 Å². The molecule has 1 aromatic carbocycles. The summed E-state index contributed by atoms with van der Waals surface area (Å²) in [4.78, 5) is 4.16. The smallest absolute Gasteiger partial charge is 0.243 e. The fourth-order valence-corrected chi connectivity index (χ4v) is 1.36. The molecule has 0 amide bonds. The summed E-state index contributed by atoms with van der Waals surface area (Å²) in [7, 11) is 0. The Hall–Kier alpha value is -1.39. The van der Waals surface area contributed by atoms with Gasteiger partial charge in [0.25, 0.3) is 0 Å². The summed E-state index contributed by atoms with van der Waals surface area (Å²) in [6, 6.07) is 7.00. The van der Waals surface area contributed by atoms with Crippen molar-refractivity contribution in [2.75, 3.05) is 0 Å². The summed E-state index contributed by atoms with van der Waals surface area (Å²) in [6.07, 6.45) is 0. The van der Waals surface area contributed by atoms with E-state index in [1.165, 1.54) is 0 Å². The van der Waals surface area contributed by atoms with Crippen molar-refractivity contribution in [2.24, 2.45) is 5.73 Å². The van der Waals surface area contributed by atoms with Gasteiger partial charge in [0.1, 0.15) is 0 Å². The van der Waals surface area contributed by atoms with Gasteiger partial charge < -0.3 is 10.3 Å². The monoisotopic (exact) mass is 223 g/mol. The van der Waals surface area contributed by atoms with E-state index in [1.807, 2.05) is 12.1 Å². The molecule has 78 valence electrons. The van der Waals surface area contributed by atoms with Crippen molar-refractivity contribution in [3.8, 4) is 11.4 Å². The number of nitrogens with two attached hydrogens (primary N) is 1. The topological polar surface area (TPSA) is 64.9 Å². The maximum atomic E-state index is 5.85. The molecular formula is C10H10ClN3O. The van der Waals surface area contributed by atoms with Crippen molar-refractivity contribution in [3.05, 3.63) is 35.2 Å². The highest BCUT2D eigenvalue weighted by Gasteiger charge is 2.11. The minimum absolute atomic E-state index is 0.259. The molecule has 2 N–H and O–H groups in total. The van der Waals surface area contributed by atoms with Crippen LogP contribution in [0.1, 0.15) is 18.9 Å². The summed E-state index contributed by atoms with van der Waals surface area (Å²) in [5.41, 5.74) is 6.43.